The van der Waals surface area contributed by atoms with Crippen molar-refractivity contribution in [2.75, 3.05) is 6.54 Å². The van der Waals surface area contributed by atoms with Crippen molar-refractivity contribution in [2.24, 2.45) is 0 Å². The van der Waals surface area contributed by atoms with Crippen LogP contribution in [0.1, 0.15) is 22.2 Å². The third kappa shape index (κ3) is 2.59. The van der Waals surface area contributed by atoms with Gasteiger partial charge in [0.1, 0.15) is 5.69 Å². The average molecular weight is 286 g/mol. The molecule has 2 aromatic heterocycles. The lowest BCUT2D eigenvalue weighted by atomic mass is 10.2. The molecule has 0 bridgehead atoms. The Morgan fingerprint density at radius 1 is 1.35 bits per heavy atom. The van der Waals surface area contributed by atoms with E-state index in [9.17, 15) is 9.90 Å². The fourth-order valence-corrected chi connectivity index (χ4v) is 2.77. The molecular weight excluding hydrogens is 272 g/mol. The summed E-state index contributed by atoms with van der Waals surface area (Å²) in [6.45, 7) is 0.199. The van der Waals surface area contributed by atoms with Crippen LogP contribution in [0.15, 0.2) is 47.2 Å². The molecule has 4 nitrogen and oxygen atoms in total. The second kappa shape index (κ2) is 5.48. The molecule has 3 aromatic rings. The fraction of sp³-hybridized carbons (Fsp3) is 0.133. The van der Waals surface area contributed by atoms with E-state index in [2.05, 4.69) is 10.3 Å². The Balaban J connectivity index is 1.67. The minimum Gasteiger partial charge on any atom is -0.387 e. The van der Waals surface area contributed by atoms with E-state index in [1.165, 1.54) is 11.3 Å². The highest BCUT2D eigenvalue weighted by Gasteiger charge is 2.12. The first-order valence-corrected chi connectivity index (χ1v) is 7.24. The zero-order valence-corrected chi connectivity index (χ0v) is 11.5. The number of benzene rings is 1. The van der Waals surface area contributed by atoms with Crippen LogP contribution < -0.4 is 5.32 Å². The van der Waals surface area contributed by atoms with Gasteiger partial charge < -0.3 is 15.4 Å². The van der Waals surface area contributed by atoms with Gasteiger partial charge in [-0.2, -0.15) is 11.3 Å². The normalized spacial score (nSPS) is 12.4. The van der Waals surface area contributed by atoms with Gasteiger partial charge in [0.15, 0.2) is 0 Å². The molecule has 0 saturated heterocycles. The van der Waals surface area contributed by atoms with E-state index in [0.29, 0.717) is 5.69 Å². The number of aromatic nitrogens is 1. The molecule has 0 unspecified atom stereocenters. The Morgan fingerprint density at radius 3 is 2.95 bits per heavy atom. The van der Waals surface area contributed by atoms with Crippen molar-refractivity contribution in [1.82, 2.24) is 10.3 Å². The summed E-state index contributed by atoms with van der Waals surface area (Å²) >= 11 is 1.52. The van der Waals surface area contributed by atoms with Crippen LogP contribution in [0.3, 0.4) is 0 Å². The minimum atomic E-state index is -0.672. The standard InChI is InChI=1S/C15H14N2O2S/c18-14(11-5-6-20-9-11)8-16-15(19)13-7-10-3-1-2-4-12(10)17-13/h1-7,9,14,17-18H,8H2,(H,16,19)/t14-/m0/s1. The number of aliphatic hydroxyl groups excluding tert-OH is 1. The number of hydrogen-bond donors (Lipinski definition) is 3. The molecule has 0 saturated carbocycles. The maximum atomic E-state index is 12.0. The zero-order valence-electron chi connectivity index (χ0n) is 10.7. The van der Waals surface area contributed by atoms with Gasteiger partial charge in [-0.05, 0) is 34.5 Å². The SMILES string of the molecule is O=C(NC[C@H](O)c1ccsc1)c1cc2ccccc2[nH]1. The quantitative estimate of drug-likeness (QED) is 0.690. The van der Waals surface area contributed by atoms with Gasteiger partial charge in [-0.25, -0.2) is 0 Å². The Morgan fingerprint density at radius 2 is 2.20 bits per heavy atom. The highest BCUT2D eigenvalue weighted by Crippen LogP contribution is 2.16. The minimum absolute atomic E-state index is 0.199. The molecule has 0 fully saturated rings. The second-order valence-electron chi connectivity index (χ2n) is 4.55. The number of carbonyl (C=O) groups is 1. The molecule has 0 aliphatic carbocycles. The first-order valence-electron chi connectivity index (χ1n) is 6.30. The Hall–Kier alpha value is -2.11. The predicted octanol–water partition coefficient (Wildman–Crippen LogP) is 2.69. The number of hydrogen-bond acceptors (Lipinski definition) is 3. The third-order valence-corrected chi connectivity index (χ3v) is 3.86. The number of nitrogens with one attached hydrogen (secondary N) is 2. The van der Waals surface area contributed by atoms with Gasteiger partial charge in [-0.15, -0.1) is 0 Å². The van der Waals surface area contributed by atoms with Gasteiger partial charge in [0, 0.05) is 17.4 Å². The van der Waals surface area contributed by atoms with Crippen molar-refractivity contribution in [1.29, 1.82) is 0 Å². The molecule has 102 valence electrons. The Kier molecular flexibility index (Phi) is 3.54. The van der Waals surface area contributed by atoms with E-state index >= 15 is 0 Å². The molecule has 5 heteroatoms. The maximum Gasteiger partial charge on any atom is 0.267 e. The van der Waals surface area contributed by atoms with Gasteiger partial charge in [0.05, 0.1) is 6.10 Å². The van der Waals surface area contributed by atoms with Crippen molar-refractivity contribution in [3.63, 3.8) is 0 Å². The highest BCUT2D eigenvalue weighted by molar-refractivity contribution is 7.07. The number of para-hydroxylation sites is 1. The fourth-order valence-electron chi connectivity index (χ4n) is 2.06. The van der Waals surface area contributed by atoms with Gasteiger partial charge in [0.2, 0.25) is 0 Å². The van der Waals surface area contributed by atoms with Crippen molar-refractivity contribution >= 4 is 28.1 Å². The summed E-state index contributed by atoms with van der Waals surface area (Å²) in [4.78, 5) is 15.1. The first-order chi connectivity index (χ1) is 9.74. The molecule has 2 heterocycles. The van der Waals surface area contributed by atoms with Crippen LogP contribution in [0.5, 0.6) is 0 Å². The van der Waals surface area contributed by atoms with E-state index in [1.54, 1.807) is 0 Å². The summed E-state index contributed by atoms with van der Waals surface area (Å²) in [6.07, 6.45) is -0.672. The monoisotopic (exact) mass is 286 g/mol. The van der Waals surface area contributed by atoms with Crippen LogP contribution in [0.4, 0.5) is 0 Å². The van der Waals surface area contributed by atoms with Crippen molar-refractivity contribution in [3.05, 3.63) is 58.4 Å². The summed E-state index contributed by atoms with van der Waals surface area (Å²) in [5.74, 6) is -0.213. The predicted molar refractivity (Wildman–Crippen MR) is 79.9 cm³/mol. The number of amides is 1. The molecule has 3 N–H and O–H groups in total. The van der Waals surface area contributed by atoms with Crippen LogP contribution in [0.25, 0.3) is 10.9 Å². The lowest BCUT2D eigenvalue weighted by molar-refractivity contribution is 0.0912. The molecule has 0 spiro atoms. The molecule has 1 amide bonds. The van der Waals surface area contributed by atoms with Crippen molar-refractivity contribution < 1.29 is 9.90 Å². The molecule has 0 aliphatic rings. The first kappa shape index (κ1) is 12.9. The third-order valence-electron chi connectivity index (χ3n) is 3.16. The van der Waals surface area contributed by atoms with E-state index in [1.807, 2.05) is 47.2 Å². The highest BCUT2D eigenvalue weighted by atomic mass is 32.1. The van der Waals surface area contributed by atoms with Crippen LogP contribution >= 0.6 is 11.3 Å². The average Bonchev–Trinajstić information content (AvgIpc) is 3.12. The van der Waals surface area contributed by atoms with Gasteiger partial charge >= 0.3 is 0 Å². The second-order valence-corrected chi connectivity index (χ2v) is 5.33. The lowest BCUT2D eigenvalue weighted by Crippen LogP contribution is -2.28. The van der Waals surface area contributed by atoms with Gasteiger partial charge in [-0.3, -0.25) is 4.79 Å². The number of aromatic amines is 1. The van der Waals surface area contributed by atoms with Crippen LogP contribution in [0, 0.1) is 0 Å². The summed E-state index contributed by atoms with van der Waals surface area (Å²) in [6, 6.07) is 11.4. The van der Waals surface area contributed by atoms with E-state index in [-0.39, 0.29) is 12.5 Å². The summed E-state index contributed by atoms with van der Waals surface area (Å²) in [5.41, 5.74) is 2.26. The summed E-state index contributed by atoms with van der Waals surface area (Å²) in [7, 11) is 0. The number of rotatable bonds is 4. The lowest BCUT2D eigenvalue weighted by Gasteiger charge is -2.09. The molecule has 1 atom stereocenters. The number of H-pyrrole nitrogens is 1. The smallest absolute Gasteiger partial charge is 0.267 e. The molecule has 1 aromatic carbocycles. The summed E-state index contributed by atoms with van der Waals surface area (Å²) in [5, 5.41) is 17.4. The molecular formula is C15H14N2O2S. The Labute approximate surface area is 120 Å². The van der Waals surface area contributed by atoms with Crippen LogP contribution in [-0.4, -0.2) is 22.5 Å². The van der Waals surface area contributed by atoms with Crippen LogP contribution in [0.2, 0.25) is 0 Å². The molecule has 20 heavy (non-hydrogen) atoms. The van der Waals surface area contributed by atoms with Crippen molar-refractivity contribution in [2.45, 2.75) is 6.10 Å². The maximum absolute atomic E-state index is 12.0. The zero-order chi connectivity index (χ0) is 13.9. The number of aliphatic hydroxyl groups is 1. The Bertz CT molecular complexity index is 685. The molecule has 0 radical (unpaired) electrons. The molecule has 0 aliphatic heterocycles. The number of thiophene rings is 1. The van der Waals surface area contributed by atoms with Crippen LogP contribution in [-0.2, 0) is 0 Å². The van der Waals surface area contributed by atoms with E-state index < -0.39 is 6.10 Å². The molecule has 3 rings (SSSR count). The largest absolute Gasteiger partial charge is 0.387 e. The van der Waals surface area contributed by atoms with Gasteiger partial charge in [0.25, 0.3) is 5.91 Å². The van der Waals surface area contributed by atoms with E-state index in [0.717, 1.165) is 16.5 Å². The topological polar surface area (TPSA) is 65.1 Å². The van der Waals surface area contributed by atoms with E-state index in [4.69, 9.17) is 0 Å². The number of fused-ring (bicyclic) bond motifs is 1. The van der Waals surface area contributed by atoms with Crippen molar-refractivity contribution in [3.8, 4) is 0 Å². The summed E-state index contributed by atoms with van der Waals surface area (Å²) < 4.78 is 0. The number of carbonyl (C=O) groups excluding carboxylic acids is 1. The van der Waals surface area contributed by atoms with Gasteiger partial charge in [-0.1, -0.05) is 18.2 Å².